The van der Waals surface area contributed by atoms with Gasteiger partial charge in [-0.1, -0.05) is 29.8 Å². The van der Waals surface area contributed by atoms with Gasteiger partial charge in [-0.2, -0.15) is 0 Å². The van der Waals surface area contributed by atoms with Crippen molar-refractivity contribution in [3.05, 3.63) is 53.1 Å². The van der Waals surface area contributed by atoms with E-state index in [0.717, 1.165) is 5.56 Å². The van der Waals surface area contributed by atoms with Crippen molar-refractivity contribution in [2.24, 2.45) is 0 Å². The molecule has 0 saturated heterocycles. The summed E-state index contributed by atoms with van der Waals surface area (Å²) in [6.07, 6.45) is 0. The lowest BCUT2D eigenvalue weighted by atomic mass is 10.2. The molecular formula is C19H21ClN2O3S. The molecule has 0 radical (unpaired) electrons. The van der Waals surface area contributed by atoms with Crippen LogP contribution >= 0.6 is 23.4 Å². The average Bonchev–Trinajstić information content (AvgIpc) is 2.63. The maximum Gasteiger partial charge on any atom is 0.237 e. The zero-order chi connectivity index (χ0) is 19.1. The van der Waals surface area contributed by atoms with Crippen LogP contribution in [0.25, 0.3) is 0 Å². The monoisotopic (exact) mass is 392 g/mol. The van der Waals surface area contributed by atoms with Gasteiger partial charge in [-0.25, -0.2) is 0 Å². The number of benzene rings is 2. The summed E-state index contributed by atoms with van der Waals surface area (Å²) in [6, 6.07) is 12.5. The van der Waals surface area contributed by atoms with E-state index in [0.29, 0.717) is 22.1 Å². The molecule has 2 aromatic rings. The Balaban J connectivity index is 1.85. The number of halogens is 1. The molecule has 0 unspecified atom stereocenters. The SMILES string of the molecule is COc1ccccc1NC(=O)CS[C@@H](C)C(=O)Nc1ccc(C)c(Cl)c1. The molecule has 0 saturated carbocycles. The highest BCUT2D eigenvalue weighted by atomic mass is 35.5. The number of amides is 2. The molecule has 0 bridgehead atoms. The van der Waals surface area contributed by atoms with Gasteiger partial charge in [-0.3, -0.25) is 9.59 Å². The second kappa shape index (κ2) is 9.50. The van der Waals surface area contributed by atoms with Crippen LogP contribution in [-0.4, -0.2) is 29.9 Å². The van der Waals surface area contributed by atoms with E-state index in [1.807, 2.05) is 25.1 Å². The van der Waals surface area contributed by atoms with Crippen molar-refractivity contribution in [2.45, 2.75) is 19.1 Å². The molecule has 0 fully saturated rings. The highest BCUT2D eigenvalue weighted by Gasteiger charge is 2.16. The summed E-state index contributed by atoms with van der Waals surface area (Å²) in [4.78, 5) is 24.4. The Hall–Kier alpha value is -2.18. The van der Waals surface area contributed by atoms with E-state index in [9.17, 15) is 9.59 Å². The average molecular weight is 393 g/mol. The van der Waals surface area contributed by atoms with Gasteiger partial charge in [0.2, 0.25) is 11.8 Å². The highest BCUT2D eigenvalue weighted by molar-refractivity contribution is 8.01. The third-order valence-corrected chi connectivity index (χ3v) is 5.20. The van der Waals surface area contributed by atoms with Crippen molar-refractivity contribution in [3.63, 3.8) is 0 Å². The number of nitrogens with one attached hydrogen (secondary N) is 2. The van der Waals surface area contributed by atoms with E-state index >= 15 is 0 Å². The van der Waals surface area contributed by atoms with E-state index < -0.39 is 5.25 Å². The third kappa shape index (κ3) is 5.68. The quantitative estimate of drug-likeness (QED) is 0.734. The fraction of sp³-hybridized carbons (Fsp3) is 0.263. The van der Waals surface area contributed by atoms with Gasteiger partial charge in [-0.15, -0.1) is 11.8 Å². The van der Waals surface area contributed by atoms with Gasteiger partial charge in [-0.05, 0) is 43.7 Å². The molecule has 2 N–H and O–H groups in total. The minimum Gasteiger partial charge on any atom is -0.495 e. The summed E-state index contributed by atoms with van der Waals surface area (Å²) in [5.41, 5.74) is 2.18. The van der Waals surface area contributed by atoms with Gasteiger partial charge in [0, 0.05) is 10.7 Å². The maximum atomic E-state index is 12.3. The second-order valence-corrected chi connectivity index (χ2v) is 7.39. The number of rotatable bonds is 7. The molecule has 2 aromatic carbocycles. The van der Waals surface area contributed by atoms with E-state index in [-0.39, 0.29) is 17.6 Å². The topological polar surface area (TPSA) is 67.4 Å². The predicted molar refractivity (Wildman–Crippen MR) is 108 cm³/mol. The number of aryl methyl sites for hydroxylation is 1. The van der Waals surface area contributed by atoms with Crippen molar-refractivity contribution >= 4 is 46.6 Å². The first kappa shape index (κ1) is 20.1. The number of carbonyl (C=O) groups is 2. The first-order valence-electron chi connectivity index (χ1n) is 8.02. The molecule has 7 heteroatoms. The number of hydrogen-bond acceptors (Lipinski definition) is 4. The van der Waals surface area contributed by atoms with Gasteiger partial charge < -0.3 is 15.4 Å². The van der Waals surface area contributed by atoms with Crippen LogP contribution in [0.5, 0.6) is 5.75 Å². The lowest BCUT2D eigenvalue weighted by Gasteiger charge is -2.13. The van der Waals surface area contributed by atoms with Crippen LogP contribution in [0.2, 0.25) is 5.02 Å². The smallest absolute Gasteiger partial charge is 0.237 e. The summed E-state index contributed by atoms with van der Waals surface area (Å²) in [5.74, 6) is 0.367. The van der Waals surface area contributed by atoms with E-state index in [4.69, 9.17) is 16.3 Å². The molecule has 2 amide bonds. The van der Waals surface area contributed by atoms with Crippen molar-refractivity contribution in [1.82, 2.24) is 0 Å². The molecule has 0 spiro atoms. The molecule has 1 atom stereocenters. The minimum absolute atomic E-state index is 0.154. The van der Waals surface area contributed by atoms with Crippen molar-refractivity contribution < 1.29 is 14.3 Å². The van der Waals surface area contributed by atoms with Crippen LogP contribution < -0.4 is 15.4 Å². The number of anilines is 2. The Bertz CT molecular complexity index is 798. The van der Waals surface area contributed by atoms with Gasteiger partial charge in [0.25, 0.3) is 0 Å². The Morgan fingerprint density at radius 2 is 1.92 bits per heavy atom. The number of ether oxygens (including phenoxy) is 1. The van der Waals surface area contributed by atoms with Crippen LogP contribution in [0.1, 0.15) is 12.5 Å². The first-order valence-corrected chi connectivity index (χ1v) is 9.45. The molecule has 138 valence electrons. The lowest BCUT2D eigenvalue weighted by Crippen LogP contribution is -2.25. The largest absolute Gasteiger partial charge is 0.495 e. The van der Waals surface area contributed by atoms with Gasteiger partial charge >= 0.3 is 0 Å². The molecule has 0 aromatic heterocycles. The molecule has 26 heavy (non-hydrogen) atoms. The van der Waals surface area contributed by atoms with E-state index in [2.05, 4.69) is 10.6 Å². The summed E-state index contributed by atoms with van der Waals surface area (Å²) in [6.45, 7) is 3.65. The molecule has 5 nitrogen and oxygen atoms in total. The summed E-state index contributed by atoms with van der Waals surface area (Å²) < 4.78 is 5.20. The molecular weight excluding hydrogens is 372 g/mol. The lowest BCUT2D eigenvalue weighted by molar-refractivity contribution is -0.115. The minimum atomic E-state index is -0.390. The number of methoxy groups -OCH3 is 1. The second-order valence-electron chi connectivity index (χ2n) is 5.65. The first-order chi connectivity index (χ1) is 12.4. The zero-order valence-electron chi connectivity index (χ0n) is 14.8. The molecule has 0 aliphatic heterocycles. The van der Waals surface area contributed by atoms with Crippen molar-refractivity contribution in [2.75, 3.05) is 23.5 Å². The summed E-state index contributed by atoms with van der Waals surface area (Å²) in [5, 5.41) is 5.80. The number of hydrogen-bond donors (Lipinski definition) is 2. The molecule has 0 heterocycles. The Morgan fingerprint density at radius 1 is 1.19 bits per heavy atom. The maximum absolute atomic E-state index is 12.3. The van der Waals surface area contributed by atoms with Crippen LogP contribution in [0.4, 0.5) is 11.4 Å². The van der Waals surface area contributed by atoms with E-state index in [1.54, 1.807) is 38.3 Å². The van der Waals surface area contributed by atoms with Crippen LogP contribution in [0.3, 0.4) is 0 Å². The normalized spacial score (nSPS) is 11.5. The molecule has 0 aliphatic rings. The standard InChI is InChI=1S/C19H21ClN2O3S/c1-12-8-9-14(10-15(12)20)21-19(24)13(2)26-11-18(23)22-16-6-4-5-7-17(16)25-3/h4-10,13H,11H2,1-3H3,(H,21,24)(H,22,23)/t13-/m0/s1. The van der Waals surface area contributed by atoms with Crippen molar-refractivity contribution in [1.29, 1.82) is 0 Å². The Labute approximate surface area is 162 Å². The molecule has 0 aliphatic carbocycles. The number of para-hydroxylation sites is 2. The Kier molecular flexibility index (Phi) is 7.36. The fourth-order valence-corrected chi connectivity index (χ4v) is 2.99. The third-order valence-electron chi connectivity index (χ3n) is 3.65. The summed E-state index contributed by atoms with van der Waals surface area (Å²) >= 11 is 7.32. The van der Waals surface area contributed by atoms with Crippen LogP contribution in [0, 0.1) is 6.92 Å². The van der Waals surface area contributed by atoms with Crippen LogP contribution in [0.15, 0.2) is 42.5 Å². The van der Waals surface area contributed by atoms with Crippen LogP contribution in [-0.2, 0) is 9.59 Å². The Morgan fingerprint density at radius 3 is 2.62 bits per heavy atom. The van der Waals surface area contributed by atoms with Gasteiger partial charge in [0.15, 0.2) is 0 Å². The summed E-state index contributed by atoms with van der Waals surface area (Å²) in [7, 11) is 1.55. The van der Waals surface area contributed by atoms with E-state index in [1.165, 1.54) is 11.8 Å². The van der Waals surface area contributed by atoms with Crippen molar-refractivity contribution in [3.8, 4) is 5.75 Å². The predicted octanol–water partition coefficient (Wildman–Crippen LogP) is 4.36. The van der Waals surface area contributed by atoms with Gasteiger partial charge in [0.1, 0.15) is 5.75 Å². The zero-order valence-corrected chi connectivity index (χ0v) is 16.4. The van der Waals surface area contributed by atoms with Gasteiger partial charge in [0.05, 0.1) is 23.8 Å². The molecule has 2 rings (SSSR count). The number of carbonyl (C=O) groups excluding carboxylic acids is 2. The highest BCUT2D eigenvalue weighted by Crippen LogP contribution is 2.24. The fourth-order valence-electron chi connectivity index (χ4n) is 2.13. The number of thioether (sulfide) groups is 1.